The van der Waals surface area contributed by atoms with Gasteiger partial charge in [0.2, 0.25) is 0 Å². The van der Waals surface area contributed by atoms with Gasteiger partial charge in [0.05, 0.1) is 11.2 Å². The van der Waals surface area contributed by atoms with Crippen molar-refractivity contribution in [1.29, 1.82) is 0 Å². The van der Waals surface area contributed by atoms with Crippen LogP contribution in [0.2, 0.25) is 5.02 Å². The Morgan fingerprint density at radius 1 is 1.42 bits per heavy atom. The minimum Gasteiger partial charge on any atom is -0.336 e. The summed E-state index contributed by atoms with van der Waals surface area (Å²) in [4.78, 5) is 16.8. The van der Waals surface area contributed by atoms with E-state index in [1.54, 1.807) is 4.90 Å². The van der Waals surface area contributed by atoms with Gasteiger partial charge in [0, 0.05) is 26.2 Å². The summed E-state index contributed by atoms with van der Waals surface area (Å²) in [7, 11) is 1.85. The lowest BCUT2D eigenvalue weighted by Crippen LogP contribution is -2.49. The first-order valence-electron chi connectivity index (χ1n) is 8.37. The number of likely N-dealkylation sites (tertiary alicyclic amines) is 1. The number of carbonyl (C=O) groups excluding carboxylic acids is 1. The minimum absolute atomic E-state index is 0.0904. The molecule has 128 valence electrons. The number of piperidine rings is 1. The topological polar surface area (TPSA) is 52.2 Å². The van der Waals surface area contributed by atoms with Gasteiger partial charge < -0.3 is 9.80 Å². The molecule has 1 aliphatic heterocycles. The van der Waals surface area contributed by atoms with Gasteiger partial charge in [-0.3, -0.25) is 9.89 Å². The van der Waals surface area contributed by atoms with Crippen LogP contribution in [0, 0.1) is 0 Å². The lowest BCUT2D eigenvalue weighted by molar-refractivity contribution is 0.0614. The highest BCUT2D eigenvalue weighted by Gasteiger charge is 2.28. The molecule has 2 aromatic rings. The molecule has 1 atom stereocenters. The van der Waals surface area contributed by atoms with Gasteiger partial charge in [-0.25, -0.2) is 0 Å². The first kappa shape index (κ1) is 17.0. The van der Waals surface area contributed by atoms with Crippen LogP contribution in [0.25, 0.3) is 0 Å². The normalized spacial score (nSPS) is 18.5. The molecule has 6 heteroatoms. The Morgan fingerprint density at radius 3 is 2.92 bits per heavy atom. The van der Waals surface area contributed by atoms with Crippen molar-refractivity contribution in [3.8, 4) is 0 Å². The standard InChI is InChI=1S/C18H23ClN4O/c1-22(18(24)17-16(19)12-20-21-17)15-8-5-10-23(13-15)11-9-14-6-3-2-4-7-14/h2-4,6-7,12,15H,5,8-11,13H2,1H3,(H,20,21)/t15-/m1/s1. The van der Waals surface area contributed by atoms with Crippen LogP contribution in [0.1, 0.15) is 28.9 Å². The monoisotopic (exact) mass is 346 g/mol. The van der Waals surface area contributed by atoms with E-state index in [1.165, 1.54) is 11.8 Å². The van der Waals surface area contributed by atoms with Crippen molar-refractivity contribution in [2.75, 3.05) is 26.7 Å². The molecule has 3 rings (SSSR count). The Labute approximate surface area is 147 Å². The van der Waals surface area contributed by atoms with Crippen LogP contribution in [0.3, 0.4) is 0 Å². The third-order valence-corrected chi connectivity index (χ3v) is 5.00. The van der Waals surface area contributed by atoms with Crippen LogP contribution >= 0.6 is 11.6 Å². The van der Waals surface area contributed by atoms with Crippen LogP contribution in [-0.2, 0) is 6.42 Å². The molecule has 1 aromatic carbocycles. The van der Waals surface area contributed by atoms with Gasteiger partial charge in [-0.2, -0.15) is 5.10 Å². The first-order chi connectivity index (χ1) is 11.6. The van der Waals surface area contributed by atoms with Gasteiger partial charge in [0.1, 0.15) is 5.69 Å². The number of aromatic amines is 1. The molecule has 1 N–H and O–H groups in total. The molecule has 0 radical (unpaired) electrons. The molecule has 1 aliphatic rings. The van der Waals surface area contributed by atoms with Crippen molar-refractivity contribution in [3.05, 3.63) is 52.8 Å². The largest absolute Gasteiger partial charge is 0.336 e. The van der Waals surface area contributed by atoms with E-state index in [-0.39, 0.29) is 11.9 Å². The van der Waals surface area contributed by atoms with Gasteiger partial charge in [-0.05, 0) is 31.4 Å². The summed E-state index contributed by atoms with van der Waals surface area (Å²) in [5.74, 6) is -0.0904. The number of hydrogen-bond donors (Lipinski definition) is 1. The Balaban J connectivity index is 1.56. The maximum Gasteiger partial charge on any atom is 0.273 e. The summed E-state index contributed by atoms with van der Waals surface area (Å²) in [6, 6.07) is 10.7. The van der Waals surface area contributed by atoms with Crippen molar-refractivity contribution in [2.45, 2.75) is 25.3 Å². The molecule has 0 spiro atoms. The quantitative estimate of drug-likeness (QED) is 0.905. The zero-order valence-corrected chi connectivity index (χ0v) is 14.7. The Hall–Kier alpha value is -1.85. The van der Waals surface area contributed by atoms with Gasteiger partial charge >= 0.3 is 0 Å². The van der Waals surface area contributed by atoms with Crippen molar-refractivity contribution in [1.82, 2.24) is 20.0 Å². The number of aromatic nitrogens is 2. The molecular formula is C18H23ClN4O. The van der Waals surface area contributed by atoms with Crippen molar-refractivity contribution in [2.24, 2.45) is 0 Å². The van der Waals surface area contributed by atoms with Crippen LogP contribution in [-0.4, -0.2) is 58.6 Å². The molecule has 24 heavy (non-hydrogen) atoms. The minimum atomic E-state index is -0.0904. The van der Waals surface area contributed by atoms with E-state index < -0.39 is 0 Å². The number of halogens is 1. The molecule has 0 bridgehead atoms. The zero-order chi connectivity index (χ0) is 16.9. The van der Waals surface area contributed by atoms with Gasteiger partial charge in [0.15, 0.2) is 0 Å². The Kier molecular flexibility index (Phi) is 5.53. The van der Waals surface area contributed by atoms with Crippen molar-refractivity contribution >= 4 is 17.5 Å². The molecule has 0 saturated carbocycles. The Bertz CT molecular complexity index is 673. The number of carbonyl (C=O) groups is 1. The molecule has 2 heterocycles. The lowest BCUT2D eigenvalue weighted by atomic mass is 10.0. The number of hydrogen-bond acceptors (Lipinski definition) is 3. The second-order valence-electron chi connectivity index (χ2n) is 6.34. The first-order valence-corrected chi connectivity index (χ1v) is 8.75. The zero-order valence-electron chi connectivity index (χ0n) is 13.9. The summed E-state index contributed by atoms with van der Waals surface area (Å²) >= 11 is 6.01. The predicted octanol–water partition coefficient (Wildman–Crippen LogP) is 2.84. The fourth-order valence-corrected chi connectivity index (χ4v) is 3.42. The third-order valence-electron chi connectivity index (χ3n) is 4.72. The van der Waals surface area contributed by atoms with Gasteiger partial charge in [-0.15, -0.1) is 0 Å². The number of H-pyrrole nitrogens is 1. The number of likely N-dealkylation sites (N-methyl/N-ethyl adjacent to an activating group) is 1. The molecule has 0 unspecified atom stereocenters. The molecule has 1 saturated heterocycles. The highest BCUT2D eigenvalue weighted by Crippen LogP contribution is 2.19. The Morgan fingerprint density at radius 2 is 2.21 bits per heavy atom. The maximum absolute atomic E-state index is 12.6. The molecular weight excluding hydrogens is 324 g/mol. The van der Waals surface area contributed by atoms with Crippen LogP contribution in [0.15, 0.2) is 36.5 Å². The molecule has 1 amide bonds. The molecule has 5 nitrogen and oxygen atoms in total. The number of rotatable bonds is 5. The highest BCUT2D eigenvalue weighted by molar-refractivity contribution is 6.33. The average molecular weight is 347 g/mol. The van der Waals surface area contributed by atoms with Crippen LogP contribution in [0.4, 0.5) is 0 Å². The third kappa shape index (κ3) is 3.97. The number of nitrogens with one attached hydrogen (secondary N) is 1. The number of amides is 1. The summed E-state index contributed by atoms with van der Waals surface area (Å²) in [5, 5.41) is 6.91. The summed E-state index contributed by atoms with van der Waals surface area (Å²) in [6.07, 6.45) is 4.64. The highest BCUT2D eigenvalue weighted by atomic mass is 35.5. The summed E-state index contributed by atoms with van der Waals surface area (Å²) in [6.45, 7) is 3.02. The average Bonchev–Trinajstić information content (AvgIpc) is 3.06. The fraction of sp³-hybridized carbons (Fsp3) is 0.444. The van der Waals surface area contributed by atoms with E-state index in [1.807, 2.05) is 13.1 Å². The molecule has 1 aromatic heterocycles. The fourth-order valence-electron chi connectivity index (χ4n) is 3.25. The van der Waals surface area contributed by atoms with E-state index >= 15 is 0 Å². The van der Waals surface area contributed by atoms with E-state index in [2.05, 4.69) is 39.4 Å². The van der Waals surface area contributed by atoms with Crippen LogP contribution < -0.4 is 0 Å². The van der Waals surface area contributed by atoms with Crippen LogP contribution in [0.5, 0.6) is 0 Å². The predicted molar refractivity (Wildman–Crippen MR) is 95.3 cm³/mol. The van der Waals surface area contributed by atoms with E-state index in [4.69, 9.17) is 11.6 Å². The smallest absolute Gasteiger partial charge is 0.273 e. The number of nitrogens with zero attached hydrogens (tertiary/aromatic N) is 3. The van der Waals surface area contributed by atoms with Gasteiger partial charge in [-0.1, -0.05) is 41.9 Å². The lowest BCUT2D eigenvalue weighted by Gasteiger charge is -2.37. The van der Waals surface area contributed by atoms with Gasteiger partial charge in [0.25, 0.3) is 5.91 Å². The van der Waals surface area contributed by atoms with E-state index in [9.17, 15) is 4.79 Å². The van der Waals surface area contributed by atoms with E-state index in [0.29, 0.717) is 10.7 Å². The summed E-state index contributed by atoms with van der Waals surface area (Å²) < 4.78 is 0. The summed E-state index contributed by atoms with van der Waals surface area (Å²) in [5.41, 5.74) is 1.73. The SMILES string of the molecule is CN(C(=O)c1[nH]ncc1Cl)[C@@H]1CCCN(CCc2ccccc2)C1. The van der Waals surface area contributed by atoms with E-state index in [0.717, 1.165) is 38.9 Å². The van der Waals surface area contributed by atoms with Crippen molar-refractivity contribution < 1.29 is 4.79 Å². The van der Waals surface area contributed by atoms with Crippen molar-refractivity contribution in [3.63, 3.8) is 0 Å². The maximum atomic E-state index is 12.6. The molecule has 1 fully saturated rings. The number of benzene rings is 1. The second-order valence-corrected chi connectivity index (χ2v) is 6.75. The molecule has 0 aliphatic carbocycles. The second kappa shape index (κ2) is 7.81.